The molecule has 3 amide bonds. The third-order valence-electron chi connectivity index (χ3n) is 6.00. The minimum absolute atomic E-state index is 0.196. The zero-order valence-corrected chi connectivity index (χ0v) is 17.7. The van der Waals surface area contributed by atoms with Gasteiger partial charge in [-0.1, -0.05) is 24.6 Å². The van der Waals surface area contributed by atoms with E-state index < -0.39 is 0 Å². The van der Waals surface area contributed by atoms with Crippen LogP contribution in [0.4, 0.5) is 0 Å². The van der Waals surface area contributed by atoms with Crippen LogP contribution in [0.5, 0.6) is 0 Å². The summed E-state index contributed by atoms with van der Waals surface area (Å²) in [7, 11) is 0. The summed E-state index contributed by atoms with van der Waals surface area (Å²) < 4.78 is 0. The summed E-state index contributed by atoms with van der Waals surface area (Å²) in [5.74, 6) is -0.219. The van der Waals surface area contributed by atoms with Crippen molar-refractivity contribution in [3.8, 4) is 0 Å². The molecule has 4 rings (SSSR count). The van der Waals surface area contributed by atoms with E-state index in [1.165, 1.54) is 10.5 Å². The van der Waals surface area contributed by atoms with Crippen molar-refractivity contribution in [1.29, 1.82) is 0 Å². The first-order valence-electron chi connectivity index (χ1n) is 11.0. The number of amides is 3. The molecule has 0 bridgehead atoms. The molecule has 0 saturated carbocycles. The van der Waals surface area contributed by atoms with Crippen LogP contribution in [-0.4, -0.2) is 70.1 Å². The summed E-state index contributed by atoms with van der Waals surface area (Å²) in [4.78, 5) is 47.0. The maximum Gasteiger partial charge on any atom is 0.261 e. The number of piperazine rings is 1. The Morgan fingerprint density at radius 3 is 2.23 bits per heavy atom. The number of carbonyl (C=O) groups is 3. The molecule has 31 heavy (non-hydrogen) atoms. The molecule has 2 aliphatic rings. The highest BCUT2D eigenvalue weighted by Crippen LogP contribution is 2.23. The smallest absolute Gasteiger partial charge is 0.261 e. The van der Waals surface area contributed by atoms with Gasteiger partial charge < -0.3 is 4.90 Å². The van der Waals surface area contributed by atoms with Gasteiger partial charge in [-0.25, -0.2) is 0 Å². The predicted octanol–water partition coefficient (Wildman–Crippen LogP) is 2.58. The highest BCUT2D eigenvalue weighted by atomic mass is 16.2. The first kappa shape index (κ1) is 21.2. The minimum atomic E-state index is -0.208. The Morgan fingerprint density at radius 2 is 1.58 bits per heavy atom. The second kappa shape index (κ2) is 9.83. The lowest BCUT2D eigenvalue weighted by Gasteiger charge is -2.34. The minimum Gasteiger partial charge on any atom is -0.340 e. The number of carbonyl (C=O) groups excluding carboxylic acids is 3. The lowest BCUT2D eigenvalue weighted by molar-refractivity contribution is -0.133. The Hall–Kier alpha value is -3.06. The van der Waals surface area contributed by atoms with Gasteiger partial charge in [-0.05, 0) is 36.6 Å². The number of benzene rings is 1. The maximum absolute atomic E-state index is 12.5. The van der Waals surface area contributed by atoms with Gasteiger partial charge in [-0.2, -0.15) is 0 Å². The fraction of sp³-hybridized carbons (Fsp3) is 0.417. The normalized spacial score (nSPS) is 16.6. The summed E-state index contributed by atoms with van der Waals surface area (Å²) in [6, 6.07) is 11.0. The second-order valence-corrected chi connectivity index (χ2v) is 8.14. The van der Waals surface area contributed by atoms with Crippen molar-refractivity contribution in [3.05, 3.63) is 65.5 Å². The number of nitrogens with zero attached hydrogens (tertiary/aromatic N) is 4. The quantitative estimate of drug-likeness (QED) is 0.485. The average Bonchev–Trinajstić information content (AvgIpc) is 3.05. The highest BCUT2D eigenvalue weighted by molar-refractivity contribution is 6.21. The molecule has 7 heteroatoms. The van der Waals surface area contributed by atoms with Gasteiger partial charge >= 0.3 is 0 Å². The number of hydrogen-bond acceptors (Lipinski definition) is 5. The topological polar surface area (TPSA) is 73.8 Å². The van der Waals surface area contributed by atoms with Crippen LogP contribution in [0.1, 0.15) is 52.0 Å². The SMILES string of the molecule is O=C(CCCCCN1C(=O)c2ccccc2C1=O)N1CCN(Cc2cccnc2)CC1. The van der Waals surface area contributed by atoms with Crippen LogP contribution in [0.3, 0.4) is 0 Å². The van der Waals surface area contributed by atoms with E-state index in [1.54, 1.807) is 30.5 Å². The van der Waals surface area contributed by atoms with E-state index in [0.717, 1.165) is 52.0 Å². The number of pyridine rings is 1. The lowest BCUT2D eigenvalue weighted by Crippen LogP contribution is -2.48. The van der Waals surface area contributed by atoms with E-state index in [-0.39, 0.29) is 17.7 Å². The standard InChI is InChI=1S/C24H28N4O3/c29-22(27-15-13-26(14-16-27)18-19-7-6-11-25-17-19)10-2-1-5-12-28-23(30)20-8-3-4-9-21(20)24(28)31/h3-4,6-9,11,17H,1-2,5,10,12-16,18H2. The molecule has 0 N–H and O–H groups in total. The molecule has 2 aromatic rings. The Kier molecular flexibility index (Phi) is 6.72. The van der Waals surface area contributed by atoms with Gasteiger partial charge in [0, 0.05) is 58.1 Å². The number of fused-ring (bicyclic) bond motifs is 1. The second-order valence-electron chi connectivity index (χ2n) is 8.14. The Morgan fingerprint density at radius 1 is 0.871 bits per heavy atom. The molecule has 3 heterocycles. The summed E-state index contributed by atoms with van der Waals surface area (Å²) in [5.41, 5.74) is 2.18. The molecule has 1 aromatic heterocycles. The molecule has 1 fully saturated rings. The monoisotopic (exact) mass is 420 g/mol. The van der Waals surface area contributed by atoms with E-state index >= 15 is 0 Å². The summed E-state index contributed by atoms with van der Waals surface area (Å²) in [6.45, 7) is 4.55. The molecule has 0 atom stereocenters. The Balaban J connectivity index is 1.13. The zero-order valence-electron chi connectivity index (χ0n) is 17.7. The molecule has 0 unspecified atom stereocenters. The molecule has 2 aliphatic heterocycles. The first-order valence-corrected chi connectivity index (χ1v) is 11.0. The van der Waals surface area contributed by atoms with Gasteiger partial charge in [0.2, 0.25) is 5.91 Å². The molecule has 1 saturated heterocycles. The number of aromatic nitrogens is 1. The van der Waals surface area contributed by atoms with Gasteiger partial charge in [-0.3, -0.25) is 29.2 Å². The van der Waals surface area contributed by atoms with Crippen molar-refractivity contribution in [2.24, 2.45) is 0 Å². The molecular weight excluding hydrogens is 392 g/mol. The maximum atomic E-state index is 12.5. The number of rotatable bonds is 8. The molecule has 7 nitrogen and oxygen atoms in total. The van der Waals surface area contributed by atoms with Gasteiger partial charge in [-0.15, -0.1) is 0 Å². The van der Waals surface area contributed by atoms with Crippen molar-refractivity contribution < 1.29 is 14.4 Å². The van der Waals surface area contributed by atoms with E-state index in [4.69, 9.17) is 0 Å². The first-order chi connectivity index (χ1) is 15.1. The molecule has 0 spiro atoms. The fourth-order valence-corrected chi connectivity index (χ4v) is 4.23. The van der Waals surface area contributed by atoms with E-state index in [2.05, 4.69) is 16.0 Å². The highest BCUT2D eigenvalue weighted by Gasteiger charge is 2.34. The molecule has 0 radical (unpaired) electrons. The number of hydrogen-bond donors (Lipinski definition) is 0. The number of unbranched alkanes of at least 4 members (excludes halogenated alkanes) is 2. The molecule has 162 valence electrons. The largest absolute Gasteiger partial charge is 0.340 e. The van der Waals surface area contributed by atoms with Crippen molar-refractivity contribution in [3.63, 3.8) is 0 Å². The van der Waals surface area contributed by atoms with Crippen LogP contribution in [0, 0.1) is 0 Å². The van der Waals surface area contributed by atoms with Gasteiger partial charge in [0.25, 0.3) is 11.8 Å². The number of imide groups is 1. The van der Waals surface area contributed by atoms with Crippen LogP contribution in [0.15, 0.2) is 48.8 Å². The van der Waals surface area contributed by atoms with E-state index in [0.29, 0.717) is 24.1 Å². The van der Waals surface area contributed by atoms with Crippen LogP contribution in [0.2, 0.25) is 0 Å². The van der Waals surface area contributed by atoms with Crippen molar-refractivity contribution in [2.45, 2.75) is 32.2 Å². The van der Waals surface area contributed by atoms with Crippen LogP contribution in [0.25, 0.3) is 0 Å². The van der Waals surface area contributed by atoms with Crippen LogP contribution < -0.4 is 0 Å². The molecular formula is C24H28N4O3. The van der Waals surface area contributed by atoms with Crippen LogP contribution >= 0.6 is 0 Å². The Labute approximate surface area is 182 Å². The van der Waals surface area contributed by atoms with E-state index in [1.807, 2.05) is 17.2 Å². The Bertz CT molecular complexity index is 904. The van der Waals surface area contributed by atoms with Gasteiger partial charge in [0.1, 0.15) is 0 Å². The molecule has 1 aromatic carbocycles. The van der Waals surface area contributed by atoms with E-state index in [9.17, 15) is 14.4 Å². The third-order valence-corrected chi connectivity index (χ3v) is 6.00. The van der Waals surface area contributed by atoms with Gasteiger partial charge in [0.05, 0.1) is 11.1 Å². The average molecular weight is 421 g/mol. The molecule has 0 aliphatic carbocycles. The van der Waals surface area contributed by atoms with Crippen LogP contribution in [-0.2, 0) is 11.3 Å². The van der Waals surface area contributed by atoms with Crippen molar-refractivity contribution in [1.82, 2.24) is 19.7 Å². The van der Waals surface area contributed by atoms with Crippen molar-refractivity contribution in [2.75, 3.05) is 32.7 Å². The lowest BCUT2D eigenvalue weighted by atomic mass is 10.1. The van der Waals surface area contributed by atoms with Crippen molar-refractivity contribution >= 4 is 17.7 Å². The zero-order chi connectivity index (χ0) is 21.6. The fourth-order valence-electron chi connectivity index (χ4n) is 4.23. The summed E-state index contributed by atoms with van der Waals surface area (Å²) in [5, 5.41) is 0. The third kappa shape index (κ3) is 4.99. The summed E-state index contributed by atoms with van der Waals surface area (Å²) in [6.07, 6.45) is 6.50. The predicted molar refractivity (Wildman–Crippen MR) is 116 cm³/mol. The summed E-state index contributed by atoms with van der Waals surface area (Å²) >= 11 is 0. The van der Waals surface area contributed by atoms with Gasteiger partial charge in [0.15, 0.2) is 0 Å².